The summed E-state index contributed by atoms with van der Waals surface area (Å²) in [6, 6.07) is 7.31. The molecule has 1 fully saturated rings. The Balaban J connectivity index is 1.78. The summed E-state index contributed by atoms with van der Waals surface area (Å²) in [4.78, 5) is 26.7. The molecule has 0 aliphatic carbocycles. The van der Waals surface area contributed by atoms with E-state index < -0.39 is 6.03 Å². The van der Waals surface area contributed by atoms with Crippen molar-refractivity contribution in [2.75, 3.05) is 26.0 Å². The summed E-state index contributed by atoms with van der Waals surface area (Å²) < 4.78 is 7.29. The number of ether oxygens (including phenoxy) is 1. The van der Waals surface area contributed by atoms with Crippen LogP contribution in [-0.2, 0) is 4.79 Å². The molecule has 2 aromatic rings. The third-order valence-corrected chi connectivity index (χ3v) is 6.81. The number of rotatable bonds is 9. The summed E-state index contributed by atoms with van der Waals surface area (Å²) in [5, 5.41) is 14.6. The quantitative estimate of drug-likeness (QED) is 0.536. The van der Waals surface area contributed by atoms with E-state index in [1.807, 2.05) is 42.7 Å². The van der Waals surface area contributed by atoms with Crippen molar-refractivity contribution in [2.24, 2.45) is 0 Å². The first-order chi connectivity index (χ1) is 15.9. The Labute approximate surface area is 199 Å². The highest BCUT2D eigenvalue weighted by Gasteiger charge is 2.26. The molecule has 180 valence electrons. The maximum Gasteiger partial charge on any atom is 0.321 e. The Kier molecular flexibility index (Phi) is 9.13. The highest BCUT2D eigenvalue weighted by molar-refractivity contribution is 7.99. The van der Waals surface area contributed by atoms with Gasteiger partial charge in [0.1, 0.15) is 5.75 Å². The van der Waals surface area contributed by atoms with Gasteiger partial charge in [-0.1, -0.05) is 25.1 Å². The number of hydrogen-bond donors (Lipinski definition) is 2. The Hall–Kier alpha value is -2.59. The third-order valence-electron chi connectivity index (χ3n) is 5.88. The van der Waals surface area contributed by atoms with Crippen molar-refractivity contribution >= 4 is 23.7 Å². The molecular weight excluding hydrogens is 440 g/mol. The van der Waals surface area contributed by atoms with Crippen molar-refractivity contribution in [1.82, 2.24) is 30.3 Å². The number of amides is 3. The number of nitrogens with zero attached hydrogens (tertiary/aromatic N) is 4. The van der Waals surface area contributed by atoms with Crippen molar-refractivity contribution in [3.05, 3.63) is 30.1 Å². The number of piperidine rings is 1. The predicted molar refractivity (Wildman–Crippen MR) is 129 cm³/mol. The second kappa shape index (κ2) is 12.0. The number of likely N-dealkylation sites (tertiary alicyclic amines) is 1. The molecule has 2 heterocycles. The Morgan fingerprint density at radius 2 is 1.82 bits per heavy atom. The molecule has 1 aromatic carbocycles. The van der Waals surface area contributed by atoms with E-state index in [4.69, 9.17) is 4.74 Å². The fourth-order valence-corrected chi connectivity index (χ4v) is 4.50. The fraction of sp³-hybridized carbons (Fsp3) is 0.565. The van der Waals surface area contributed by atoms with Crippen LogP contribution >= 0.6 is 11.8 Å². The number of benzene rings is 1. The van der Waals surface area contributed by atoms with Crippen molar-refractivity contribution in [1.29, 1.82) is 0 Å². The molecule has 1 aliphatic rings. The minimum absolute atomic E-state index is 0.00227. The summed E-state index contributed by atoms with van der Waals surface area (Å²) >= 11 is 1.26. The van der Waals surface area contributed by atoms with Gasteiger partial charge >= 0.3 is 6.03 Å². The van der Waals surface area contributed by atoms with Crippen LogP contribution in [-0.4, -0.2) is 63.6 Å². The van der Waals surface area contributed by atoms with Gasteiger partial charge in [0.2, 0.25) is 5.91 Å². The number of urea groups is 1. The van der Waals surface area contributed by atoms with Gasteiger partial charge in [-0.05, 0) is 70.5 Å². The molecule has 0 unspecified atom stereocenters. The summed E-state index contributed by atoms with van der Waals surface area (Å²) in [6.45, 7) is 8.08. The number of nitrogens with one attached hydrogen (secondary N) is 2. The van der Waals surface area contributed by atoms with Crippen LogP contribution in [0.25, 0.3) is 5.69 Å². The minimum Gasteiger partial charge on any atom is -0.497 e. The van der Waals surface area contributed by atoms with Gasteiger partial charge in [-0.15, -0.1) is 10.2 Å². The molecule has 0 radical (unpaired) electrons. The van der Waals surface area contributed by atoms with Crippen LogP contribution in [0.4, 0.5) is 4.79 Å². The molecule has 33 heavy (non-hydrogen) atoms. The summed E-state index contributed by atoms with van der Waals surface area (Å²) in [5.41, 5.74) is 0.900. The van der Waals surface area contributed by atoms with Crippen molar-refractivity contribution < 1.29 is 14.3 Å². The number of carbonyl (C=O) groups is 2. The lowest BCUT2D eigenvalue weighted by Crippen LogP contribution is -2.43. The molecule has 3 rings (SSSR count). The van der Waals surface area contributed by atoms with E-state index in [-0.39, 0.29) is 23.7 Å². The van der Waals surface area contributed by atoms with Crippen molar-refractivity contribution in [3.63, 3.8) is 0 Å². The maximum atomic E-state index is 12.3. The fourth-order valence-electron chi connectivity index (χ4n) is 3.74. The predicted octanol–water partition coefficient (Wildman–Crippen LogP) is 3.54. The first kappa shape index (κ1) is 25.0. The van der Waals surface area contributed by atoms with E-state index in [0.29, 0.717) is 5.16 Å². The van der Waals surface area contributed by atoms with Crippen LogP contribution in [0.2, 0.25) is 0 Å². The Morgan fingerprint density at radius 3 is 2.45 bits per heavy atom. The van der Waals surface area contributed by atoms with Crippen LogP contribution in [0.3, 0.4) is 0 Å². The number of hydrogen-bond acceptors (Lipinski definition) is 7. The SMILES string of the molecule is CC[C@@H](C)NC(=O)NC(=O)CSc1nnc([C@@H](C)N2CCCCC2)n1-c1ccc(OC)cc1. The van der Waals surface area contributed by atoms with E-state index in [2.05, 4.69) is 32.7 Å². The van der Waals surface area contributed by atoms with Gasteiger partial charge in [0.25, 0.3) is 0 Å². The number of imide groups is 1. The molecule has 2 N–H and O–H groups in total. The summed E-state index contributed by atoms with van der Waals surface area (Å²) in [7, 11) is 1.63. The number of thioether (sulfide) groups is 1. The standard InChI is InChI=1S/C23H34N6O3S/c1-5-16(2)24-22(31)25-20(30)15-33-23-27-26-21(17(3)28-13-7-6-8-14-28)29(23)18-9-11-19(32-4)12-10-18/h9-12,16-17H,5-8,13-15H2,1-4H3,(H2,24,25,30,31)/t16-,17-/m1/s1. The first-order valence-corrected chi connectivity index (χ1v) is 12.5. The van der Waals surface area contributed by atoms with Crippen molar-refractivity contribution in [3.8, 4) is 11.4 Å². The van der Waals surface area contributed by atoms with Crippen LogP contribution in [0.15, 0.2) is 29.4 Å². The number of methoxy groups -OCH3 is 1. The van der Waals surface area contributed by atoms with Crippen LogP contribution in [0.1, 0.15) is 58.3 Å². The van der Waals surface area contributed by atoms with E-state index >= 15 is 0 Å². The highest BCUT2D eigenvalue weighted by Crippen LogP contribution is 2.30. The Morgan fingerprint density at radius 1 is 1.12 bits per heavy atom. The average Bonchev–Trinajstić information content (AvgIpc) is 3.26. The van der Waals surface area contributed by atoms with Crippen LogP contribution < -0.4 is 15.4 Å². The molecule has 3 amide bonds. The molecule has 0 spiro atoms. The van der Waals surface area contributed by atoms with E-state index in [0.717, 1.165) is 36.8 Å². The zero-order valence-electron chi connectivity index (χ0n) is 19.8. The average molecular weight is 475 g/mol. The lowest BCUT2D eigenvalue weighted by molar-refractivity contribution is -0.117. The smallest absolute Gasteiger partial charge is 0.321 e. The second-order valence-electron chi connectivity index (χ2n) is 8.27. The first-order valence-electron chi connectivity index (χ1n) is 11.5. The van der Waals surface area contributed by atoms with E-state index in [9.17, 15) is 9.59 Å². The largest absolute Gasteiger partial charge is 0.497 e. The third kappa shape index (κ3) is 6.70. The lowest BCUT2D eigenvalue weighted by Gasteiger charge is -2.31. The summed E-state index contributed by atoms with van der Waals surface area (Å²) in [5.74, 6) is 1.27. The van der Waals surface area contributed by atoms with Crippen molar-refractivity contribution in [2.45, 2.75) is 63.7 Å². The van der Waals surface area contributed by atoms with Gasteiger partial charge in [-0.2, -0.15) is 0 Å². The molecular formula is C23H34N6O3S. The Bertz CT molecular complexity index is 927. The minimum atomic E-state index is -0.481. The van der Waals surface area contributed by atoms with Gasteiger partial charge in [-0.3, -0.25) is 19.6 Å². The highest BCUT2D eigenvalue weighted by atomic mass is 32.2. The second-order valence-corrected chi connectivity index (χ2v) is 9.21. The normalized spacial score (nSPS) is 16.1. The van der Waals surface area contributed by atoms with Crippen LogP contribution in [0, 0.1) is 0 Å². The molecule has 0 bridgehead atoms. The molecule has 1 aliphatic heterocycles. The molecule has 1 saturated heterocycles. The molecule has 0 saturated carbocycles. The van der Waals surface area contributed by atoms with E-state index in [1.54, 1.807) is 7.11 Å². The zero-order valence-corrected chi connectivity index (χ0v) is 20.7. The molecule has 10 heteroatoms. The topological polar surface area (TPSA) is 101 Å². The zero-order chi connectivity index (χ0) is 23.8. The van der Waals surface area contributed by atoms with Gasteiger partial charge in [-0.25, -0.2) is 4.79 Å². The van der Waals surface area contributed by atoms with Gasteiger partial charge in [0.15, 0.2) is 11.0 Å². The summed E-state index contributed by atoms with van der Waals surface area (Å²) in [6.07, 6.45) is 4.41. The van der Waals surface area contributed by atoms with Gasteiger partial charge < -0.3 is 10.1 Å². The van der Waals surface area contributed by atoms with Gasteiger partial charge in [0.05, 0.1) is 18.9 Å². The number of aromatic nitrogens is 3. The molecule has 2 atom stereocenters. The maximum absolute atomic E-state index is 12.3. The number of carbonyl (C=O) groups excluding carboxylic acids is 2. The van der Waals surface area contributed by atoms with E-state index in [1.165, 1.54) is 31.0 Å². The lowest BCUT2D eigenvalue weighted by atomic mass is 10.1. The van der Waals surface area contributed by atoms with Gasteiger partial charge in [0, 0.05) is 11.7 Å². The molecule has 9 nitrogen and oxygen atoms in total. The monoisotopic (exact) mass is 474 g/mol. The van der Waals surface area contributed by atoms with Crippen LogP contribution in [0.5, 0.6) is 5.75 Å². The molecule has 1 aromatic heterocycles.